The van der Waals surface area contributed by atoms with Gasteiger partial charge >= 0.3 is 0 Å². The number of ketones is 1. The molecule has 4 nitrogen and oxygen atoms in total. The molecule has 4 heteroatoms. The maximum atomic E-state index is 11.9. The minimum absolute atomic E-state index is 0.00435. The number of ether oxygens (including phenoxy) is 2. The normalized spacial score (nSPS) is 31.1. The van der Waals surface area contributed by atoms with Gasteiger partial charge < -0.3 is 14.4 Å². The van der Waals surface area contributed by atoms with Crippen LogP contribution in [0.2, 0.25) is 0 Å². The third-order valence-electron chi connectivity index (χ3n) is 5.45. The number of carbonyl (C=O) groups excluding carboxylic acids is 1. The van der Waals surface area contributed by atoms with Gasteiger partial charge in [-0.25, -0.2) is 0 Å². The Labute approximate surface area is 125 Å². The molecule has 1 fully saturated rings. The lowest BCUT2D eigenvalue weighted by Gasteiger charge is -2.37. The second kappa shape index (κ2) is 4.47. The third kappa shape index (κ3) is 1.75. The summed E-state index contributed by atoms with van der Waals surface area (Å²) >= 11 is 0. The third-order valence-corrected chi connectivity index (χ3v) is 5.45. The lowest BCUT2D eigenvalue weighted by molar-refractivity contribution is -0.124. The van der Waals surface area contributed by atoms with Gasteiger partial charge in [-0.3, -0.25) is 4.79 Å². The molecule has 21 heavy (non-hydrogen) atoms. The summed E-state index contributed by atoms with van der Waals surface area (Å²) in [7, 11) is 3.85. The molecule has 1 aromatic carbocycles. The average Bonchev–Trinajstić information content (AvgIpc) is 2.72. The van der Waals surface area contributed by atoms with Crippen LogP contribution < -0.4 is 9.47 Å². The van der Waals surface area contributed by atoms with Crippen LogP contribution in [0.1, 0.15) is 36.8 Å². The van der Waals surface area contributed by atoms with Crippen molar-refractivity contribution in [3.05, 3.63) is 23.3 Å². The van der Waals surface area contributed by atoms with Crippen molar-refractivity contribution in [1.82, 2.24) is 4.90 Å². The molecule has 3 aliphatic rings. The van der Waals surface area contributed by atoms with Crippen LogP contribution in [0.15, 0.2) is 12.1 Å². The van der Waals surface area contributed by atoms with E-state index in [-0.39, 0.29) is 11.5 Å². The van der Waals surface area contributed by atoms with Crippen LogP contribution in [0.3, 0.4) is 0 Å². The second-order valence-electron chi connectivity index (χ2n) is 6.62. The van der Waals surface area contributed by atoms with Crippen LogP contribution in [-0.2, 0) is 16.8 Å². The zero-order valence-electron chi connectivity index (χ0n) is 12.6. The summed E-state index contributed by atoms with van der Waals surface area (Å²) in [5, 5.41) is 0. The maximum Gasteiger partial charge on any atom is 0.165 e. The highest BCUT2D eigenvalue weighted by atomic mass is 16.5. The van der Waals surface area contributed by atoms with Gasteiger partial charge in [0.2, 0.25) is 0 Å². The molecule has 2 aliphatic heterocycles. The number of carbonyl (C=O) groups is 1. The van der Waals surface area contributed by atoms with Gasteiger partial charge in [-0.15, -0.1) is 0 Å². The predicted molar refractivity (Wildman–Crippen MR) is 78.9 cm³/mol. The van der Waals surface area contributed by atoms with Gasteiger partial charge in [-0.1, -0.05) is 6.07 Å². The molecule has 4 rings (SSSR count). The van der Waals surface area contributed by atoms with Gasteiger partial charge in [0.15, 0.2) is 11.5 Å². The summed E-state index contributed by atoms with van der Waals surface area (Å²) in [6.07, 6.45) is 3.20. The van der Waals surface area contributed by atoms with E-state index < -0.39 is 0 Å². The molecule has 0 bridgehead atoms. The van der Waals surface area contributed by atoms with E-state index in [1.165, 1.54) is 11.1 Å². The Kier molecular flexibility index (Phi) is 2.80. The van der Waals surface area contributed by atoms with Crippen molar-refractivity contribution in [3.8, 4) is 11.5 Å². The molecule has 0 saturated heterocycles. The topological polar surface area (TPSA) is 38.8 Å². The summed E-state index contributed by atoms with van der Waals surface area (Å²) < 4.78 is 11.7. The number of methoxy groups -OCH3 is 1. The zero-order chi connectivity index (χ0) is 14.6. The highest BCUT2D eigenvalue weighted by molar-refractivity contribution is 5.81. The number of benzene rings is 1. The lowest BCUT2D eigenvalue weighted by Crippen LogP contribution is -2.44. The van der Waals surface area contributed by atoms with Gasteiger partial charge in [-0.05, 0) is 38.1 Å². The quantitative estimate of drug-likeness (QED) is 0.794. The Morgan fingerprint density at radius 2 is 2.24 bits per heavy atom. The number of nitrogens with zero attached hydrogens (tertiary/aromatic N) is 1. The molecule has 1 unspecified atom stereocenters. The van der Waals surface area contributed by atoms with E-state index >= 15 is 0 Å². The summed E-state index contributed by atoms with van der Waals surface area (Å²) in [5.74, 6) is 2.03. The molecular weight excluding hydrogens is 266 g/mol. The Balaban J connectivity index is 1.92. The predicted octanol–water partition coefficient (Wildman–Crippen LogP) is 2.28. The molecule has 0 radical (unpaired) electrons. The van der Waals surface area contributed by atoms with Gasteiger partial charge in [-0.2, -0.15) is 0 Å². The van der Waals surface area contributed by atoms with Crippen LogP contribution in [0.4, 0.5) is 0 Å². The highest BCUT2D eigenvalue weighted by Crippen LogP contribution is 2.56. The smallest absolute Gasteiger partial charge is 0.165 e. The molecule has 112 valence electrons. The lowest BCUT2D eigenvalue weighted by atomic mass is 9.65. The molecule has 2 heterocycles. The van der Waals surface area contributed by atoms with Crippen molar-refractivity contribution >= 4 is 5.78 Å². The van der Waals surface area contributed by atoms with E-state index in [2.05, 4.69) is 18.0 Å². The van der Waals surface area contributed by atoms with Crippen LogP contribution in [0.5, 0.6) is 11.5 Å². The summed E-state index contributed by atoms with van der Waals surface area (Å²) in [6, 6.07) is 4.17. The van der Waals surface area contributed by atoms with Crippen molar-refractivity contribution in [1.29, 1.82) is 0 Å². The number of Topliss-reactive ketones (excluding diaryl/α,β-unsaturated/α-hetero) is 1. The fourth-order valence-electron chi connectivity index (χ4n) is 4.34. The minimum Gasteiger partial charge on any atom is -0.493 e. The van der Waals surface area contributed by atoms with Crippen molar-refractivity contribution in [2.45, 2.75) is 43.7 Å². The highest BCUT2D eigenvalue weighted by Gasteiger charge is 2.54. The molecule has 0 N–H and O–H groups in total. The molecule has 1 aromatic rings. The minimum atomic E-state index is -0.00435. The van der Waals surface area contributed by atoms with E-state index in [1.54, 1.807) is 7.11 Å². The van der Waals surface area contributed by atoms with Crippen molar-refractivity contribution in [2.75, 3.05) is 20.7 Å². The van der Waals surface area contributed by atoms with E-state index in [0.717, 1.165) is 37.4 Å². The van der Waals surface area contributed by atoms with E-state index in [4.69, 9.17) is 9.47 Å². The molecule has 1 saturated carbocycles. The van der Waals surface area contributed by atoms with Crippen LogP contribution >= 0.6 is 0 Å². The van der Waals surface area contributed by atoms with E-state index in [1.807, 2.05) is 6.07 Å². The summed E-state index contributed by atoms with van der Waals surface area (Å²) in [4.78, 5) is 14.3. The number of hydrogen-bond donors (Lipinski definition) is 0. The Hall–Kier alpha value is -1.55. The van der Waals surface area contributed by atoms with Gasteiger partial charge in [0.25, 0.3) is 0 Å². The van der Waals surface area contributed by atoms with Crippen molar-refractivity contribution in [2.24, 2.45) is 0 Å². The Morgan fingerprint density at radius 3 is 3.05 bits per heavy atom. The van der Waals surface area contributed by atoms with Crippen molar-refractivity contribution in [3.63, 3.8) is 0 Å². The monoisotopic (exact) mass is 287 g/mol. The fraction of sp³-hybridized carbons (Fsp3) is 0.588. The first-order chi connectivity index (χ1) is 10.1. The molecule has 0 aromatic heterocycles. The molecule has 1 aliphatic carbocycles. The van der Waals surface area contributed by atoms with E-state index in [0.29, 0.717) is 18.6 Å². The van der Waals surface area contributed by atoms with Crippen LogP contribution in [-0.4, -0.2) is 37.5 Å². The van der Waals surface area contributed by atoms with Crippen LogP contribution in [0, 0.1) is 0 Å². The van der Waals surface area contributed by atoms with Gasteiger partial charge in [0, 0.05) is 30.4 Å². The second-order valence-corrected chi connectivity index (χ2v) is 6.62. The molecule has 2 atom stereocenters. The fourth-order valence-corrected chi connectivity index (χ4v) is 4.34. The number of rotatable bonds is 1. The van der Waals surface area contributed by atoms with Gasteiger partial charge in [0.1, 0.15) is 11.9 Å². The van der Waals surface area contributed by atoms with E-state index in [9.17, 15) is 4.79 Å². The first kappa shape index (κ1) is 13.1. The largest absolute Gasteiger partial charge is 0.493 e. The van der Waals surface area contributed by atoms with Crippen LogP contribution in [0.25, 0.3) is 0 Å². The zero-order valence-corrected chi connectivity index (χ0v) is 12.6. The Bertz CT molecular complexity index is 612. The summed E-state index contributed by atoms with van der Waals surface area (Å²) in [5.41, 5.74) is 2.67. The SMILES string of the molecule is COc1ccc2c3c1OC1CC(=O)CC[C@@]31CCN(C)C2. The van der Waals surface area contributed by atoms with Crippen molar-refractivity contribution < 1.29 is 14.3 Å². The number of hydrogen-bond acceptors (Lipinski definition) is 4. The molecular formula is C17H21NO3. The molecule has 0 amide bonds. The standard InChI is InChI=1S/C17H21NO3/c1-18-8-7-17-6-5-12(19)9-14(17)21-16-13(20-2)4-3-11(10-18)15(16)17/h3-4,14H,5-10H2,1-2H3/t14?,17-/m0/s1. The Morgan fingerprint density at radius 1 is 1.38 bits per heavy atom. The summed E-state index contributed by atoms with van der Waals surface area (Å²) in [6.45, 7) is 1.99. The van der Waals surface area contributed by atoms with Gasteiger partial charge in [0.05, 0.1) is 7.11 Å². The maximum absolute atomic E-state index is 11.9. The first-order valence-electron chi connectivity index (χ1n) is 7.71. The molecule has 1 spiro atoms. The average molecular weight is 287 g/mol. The first-order valence-corrected chi connectivity index (χ1v) is 7.71.